The van der Waals surface area contributed by atoms with Gasteiger partial charge in [-0.15, -0.1) is 0 Å². The number of fused-ring (bicyclic) bond motifs is 2. The highest BCUT2D eigenvalue weighted by molar-refractivity contribution is 5.80. The smallest absolute Gasteiger partial charge is 0.222 e. The van der Waals surface area contributed by atoms with E-state index in [0.717, 1.165) is 6.07 Å². The van der Waals surface area contributed by atoms with Gasteiger partial charge in [-0.25, -0.2) is 70.2 Å². The fraction of sp³-hybridized carbons (Fsp3) is 0.0833. The van der Waals surface area contributed by atoms with Crippen LogP contribution in [0.5, 0.6) is 0 Å². The molecule has 0 spiro atoms. The van der Waals surface area contributed by atoms with Gasteiger partial charge in [-0.1, -0.05) is 0 Å². The Morgan fingerprint density at radius 2 is 0.775 bits per heavy atom. The topological polar surface area (TPSA) is 0 Å². The molecule has 3 aromatic rings. The van der Waals surface area contributed by atoms with Crippen LogP contribution in [0.3, 0.4) is 0 Å². The van der Waals surface area contributed by atoms with Crippen molar-refractivity contribution in [2.75, 3.05) is 0 Å². The minimum atomic E-state index is -5.32. The van der Waals surface area contributed by atoms with Crippen LogP contribution < -0.4 is 0 Å². The lowest BCUT2D eigenvalue weighted by atomic mass is 9.77. The summed E-state index contributed by atoms with van der Waals surface area (Å²) < 4.78 is 235. The summed E-state index contributed by atoms with van der Waals surface area (Å²) in [6.45, 7) is 0. The zero-order chi connectivity index (χ0) is 30.0. The van der Waals surface area contributed by atoms with Gasteiger partial charge in [0.15, 0.2) is 69.8 Å². The second-order valence-corrected chi connectivity index (χ2v) is 8.29. The van der Waals surface area contributed by atoms with Crippen molar-refractivity contribution in [1.82, 2.24) is 0 Å². The van der Waals surface area contributed by atoms with Gasteiger partial charge >= 0.3 is 0 Å². The molecular formula is C24HF16. The Labute approximate surface area is 209 Å². The van der Waals surface area contributed by atoms with Gasteiger partial charge in [-0.05, 0) is 6.07 Å². The van der Waals surface area contributed by atoms with Gasteiger partial charge in [-0.3, -0.25) is 0 Å². The van der Waals surface area contributed by atoms with E-state index in [1.54, 1.807) is 0 Å². The second-order valence-electron chi connectivity index (χ2n) is 8.29. The molecule has 0 bridgehead atoms. The van der Waals surface area contributed by atoms with E-state index in [-0.39, 0.29) is 6.07 Å². The monoisotopic (exact) mass is 593 g/mol. The zero-order valence-corrected chi connectivity index (χ0v) is 18.1. The Kier molecular flexibility index (Phi) is 5.70. The van der Waals surface area contributed by atoms with Crippen LogP contribution in [0.2, 0.25) is 0 Å². The average molecular weight is 593 g/mol. The molecule has 0 fully saturated rings. The van der Waals surface area contributed by atoms with E-state index < -0.39 is 126 Å². The van der Waals surface area contributed by atoms with Gasteiger partial charge in [0.2, 0.25) is 11.3 Å². The minimum Gasteiger partial charge on any atom is -0.225 e. The van der Waals surface area contributed by atoms with Crippen LogP contribution >= 0.6 is 0 Å². The predicted molar refractivity (Wildman–Crippen MR) is 99.8 cm³/mol. The molecule has 0 N–H and O–H groups in total. The lowest BCUT2D eigenvalue weighted by Gasteiger charge is -2.31. The molecule has 5 rings (SSSR count). The highest BCUT2D eigenvalue weighted by atomic mass is 19.2. The lowest BCUT2D eigenvalue weighted by Crippen LogP contribution is -2.34. The first-order chi connectivity index (χ1) is 18.5. The van der Waals surface area contributed by atoms with Crippen LogP contribution in [-0.4, -0.2) is 0 Å². The molecule has 0 saturated carbocycles. The van der Waals surface area contributed by atoms with Crippen LogP contribution in [0, 0.1) is 64.2 Å². The minimum absolute atomic E-state index is 0.383. The van der Waals surface area contributed by atoms with Crippen molar-refractivity contribution < 1.29 is 70.2 Å². The first-order valence-electron chi connectivity index (χ1n) is 10.1. The summed E-state index contributed by atoms with van der Waals surface area (Å²) in [5.41, 5.74) is -26.4. The molecule has 0 nitrogen and oxygen atoms in total. The van der Waals surface area contributed by atoms with Gasteiger partial charge in [0, 0.05) is 17.2 Å². The van der Waals surface area contributed by atoms with E-state index in [2.05, 4.69) is 0 Å². The predicted octanol–water partition coefficient (Wildman–Crippen LogP) is 8.55. The molecular weight excluding hydrogens is 592 g/mol. The van der Waals surface area contributed by atoms with Crippen LogP contribution in [0.25, 0.3) is 11.7 Å². The van der Waals surface area contributed by atoms with E-state index in [1.807, 2.05) is 0 Å². The maximum atomic E-state index is 16.4. The number of benzene rings is 3. The molecule has 0 heterocycles. The van der Waals surface area contributed by atoms with Crippen LogP contribution in [0.4, 0.5) is 70.2 Å². The molecule has 0 saturated heterocycles. The number of alkyl halides is 2. The Balaban J connectivity index is 2.00. The van der Waals surface area contributed by atoms with E-state index in [4.69, 9.17) is 0 Å². The summed E-state index contributed by atoms with van der Waals surface area (Å²) in [4.78, 5) is 0. The highest BCUT2D eigenvalue weighted by Gasteiger charge is 2.62. The maximum absolute atomic E-state index is 16.4. The fourth-order valence-corrected chi connectivity index (χ4v) is 4.69. The zero-order valence-electron chi connectivity index (χ0n) is 18.1. The first kappa shape index (κ1) is 27.6. The molecule has 2 atom stereocenters. The van der Waals surface area contributed by atoms with Gasteiger partial charge in [0.1, 0.15) is 11.6 Å². The molecule has 0 aromatic heterocycles. The molecule has 2 aliphatic rings. The van der Waals surface area contributed by atoms with E-state index in [0.29, 0.717) is 0 Å². The third-order valence-electron chi connectivity index (χ3n) is 6.38. The van der Waals surface area contributed by atoms with Crippen molar-refractivity contribution in [3.8, 4) is 0 Å². The van der Waals surface area contributed by atoms with Gasteiger partial charge in [0.05, 0.1) is 22.3 Å². The molecule has 2 aliphatic carbocycles. The van der Waals surface area contributed by atoms with Crippen molar-refractivity contribution in [1.29, 1.82) is 0 Å². The molecule has 16 heteroatoms. The Morgan fingerprint density at radius 3 is 1.18 bits per heavy atom. The second kappa shape index (κ2) is 8.27. The first-order valence-corrected chi connectivity index (χ1v) is 10.1. The number of rotatable bonds is 2. The molecule has 3 aromatic carbocycles. The third-order valence-corrected chi connectivity index (χ3v) is 6.38. The van der Waals surface area contributed by atoms with Crippen LogP contribution in [0.1, 0.15) is 33.4 Å². The van der Waals surface area contributed by atoms with Gasteiger partial charge < -0.3 is 0 Å². The van der Waals surface area contributed by atoms with Crippen molar-refractivity contribution in [3.05, 3.63) is 115 Å². The third kappa shape index (κ3) is 2.90. The van der Waals surface area contributed by atoms with Gasteiger partial charge in [0.25, 0.3) is 0 Å². The molecule has 40 heavy (non-hydrogen) atoms. The largest absolute Gasteiger partial charge is 0.225 e. The van der Waals surface area contributed by atoms with Crippen molar-refractivity contribution in [2.45, 2.75) is 11.3 Å². The molecule has 2 unspecified atom stereocenters. The quantitative estimate of drug-likeness (QED) is 0.159. The van der Waals surface area contributed by atoms with E-state index in [1.165, 1.54) is 0 Å². The SMILES string of the molecule is FC1=C(F)C(F)(c2c(F)[c]cc(F)c2C2(F)C(F)=C(F)c3c(F)c(F)c(F)c(F)c32)c2c(F)c(F)c(F)c(F)c21. The molecule has 1 radical (unpaired) electrons. The van der Waals surface area contributed by atoms with Crippen LogP contribution in [-0.2, 0) is 11.3 Å². The highest BCUT2D eigenvalue weighted by Crippen LogP contribution is 2.61. The van der Waals surface area contributed by atoms with Crippen LogP contribution in [0.15, 0.2) is 17.7 Å². The van der Waals surface area contributed by atoms with E-state index in [9.17, 15) is 43.9 Å². The summed E-state index contributed by atoms with van der Waals surface area (Å²) >= 11 is 0. The molecule has 209 valence electrons. The lowest BCUT2D eigenvalue weighted by molar-refractivity contribution is 0.184. The van der Waals surface area contributed by atoms with Gasteiger partial charge in [-0.2, -0.15) is 0 Å². The van der Waals surface area contributed by atoms with Crippen molar-refractivity contribution in [3.63, 3.8) is 0 Å². The number of allylic oxidation sites excluding steroid dienone is 2. The average Bonchev–Trinajstić information content (AvgIpc) is 3.25. The summed E-state index contributed by atoms with van der Waals surface area (Å²) in [6.07, 6.45) is 0. The Bertz CT molecular complexity index is 1640. The number of hydrogen-bond donors (Lipinski definition) is 0. The Morgan fingerprint density at radius 1 is 0.425 bits per heavy atom. The van der Waals surface area contributed by atoms with E-state index >= 15 is 26.3 Å². The molecule has 0 amide bonds. The van der Waals surface area contributed by atoms with Crippen molar-refractivity contribution in [2.24, 2.45) is 0 Å². The normalized spacial score (nSPS) is 22.0. The molecule has 0 aliphatic heterocycles. The standard InChI is InChI=1S/C24HF16/c25-3-1-2-4(26)8(24(40)10-6(14(30)22(24)38)12(28)18(34)20(36)16(10)32)7(3)23(39)9-5(13(29)21(23)37)11(27)17(33)19(35)15(9)31/h1H. The summed E-state index contributed by atoms with van der Waals surface area (Å²) in [6, 6.07) is 0.713. The summed E-state index contributed by atoms with van der Waals surface area (Å²) in [5, 5.41) is 0. The fourth-order valence-electron chi connectivity index (χ4n) is 4.69. The number of hydrogen-bond acceptors (Lipinski definition) is 0. The maximum Gasteiger partial charge on any atom is 0.222 e. The summed E-state index contributed by atoms with van der Waals surface area (Å²) in [7, 11) is 0. The Hall–Kier alpha value is -3.98. The summed E-state index contributed by atoms with van der Waals surface area (Å²) in [5.74, 6) is -41.1. The number of halogens is 16. The van der Waals surface area contributed by atoms with Crippen molar-refractivity contribution >= 4 is 11.7 Å².